The Hall–Kier alpha value is -2.48. The Morgan fingerprint density at radius 2 is 2.00 bits per heavy atom. The number of ether oxygens (including phenoxy) is 1. The zero-order valence-electron chi connectivity index (χ0n) is 14.5. The number of para-hydroxylation sites is 1. The molecule has 0 bridgehead atoms. The molecular weight excluding hydrogens is 337 g/mol. The van der Waals surface area contributed by atoms with Crippen LogP contribution in [0.25, 0.3) is 0 Å². The highest BCUT2D eigenvalue weighted by atomic mass is 19.1. The number of halogens is 1. The van der Waals surface area contributed by atoms with Gasteiger partial charge in [0.15, 0.2) is 0 Å². The van der Waals surface area contributed by atoms with Gasteiger partial charge in [0.1, 0.15) is 30.8 Å². The summed E-state index contributed by atoms with van der Waals surface area (Å²) in [6, 6.07) is 13.8. The minimum atomic E-state index is -0.430. The van der Waals surface area contributed by atoms with Crippen LogP contribution in [0.2, 0.25) is 0 Å². The van der Waals surface area contributed by atoms with Crippen molar-refractivity contribution in [3.63, 3.8) is 0 Å². The van der Waals surface area contributed by atoms with Gasteiger partial charge in [-0.15, -0.1) is 0 Å². The van der Waals surface area contributed by atoms with Crippen LogP contribution in [0.4, 0.5) is 4.39 Å². The van der Waals surface area contributed by atoms with Crippen LogP contribution in [-0.2, 0) is 9.63 Å². The molecule has 0 aliphatic carbocycles. The molecule has 3 rings (SSSR count). The van der Waals surface area contributed by atoms with Gasteiger partial charge in [-0.2, -0.15) is 0 Å². The maximum absolute atomic E-state index is 13.4. The van der Waals surface area contributed by atoms with Gasteiger partial charge in [0.25, 0.3) is 5.91 Å². The van der Waals surface area contributed by atoms with Crippen molar-refractivity contribution in [2.45, 2.75) is 25.4 Å². The molecule has 1 amide bonds. The standard InChI is InChI=1S/C19H22FN3O3/c1-13-11-14(7-8-16(13)20)17-12-18(22-21-17)19(24)23-26-10-9-25-15-5-3-2-4-6-15/h2-8,11,17-18,21-22H,9-10,12H2,1H3,(H,23,24). The van der Waals surface area contributed by atoms with Crippen molar-refractivity contribution in [1.29, 1.82) is 0 Å². The maximum atomic E-state index is 13.4. The van der Waals surface area contributed by atoms with Crippen LogP contribution in [0.3, 0.4) is 0 Å². The number of carbonyl (C=O) groups is 1. The number of hydroxylamine groups is 1. The molecule has 0 radical (unpaired) electrons. The van der Waals surface area contributed by atoms with E-state index in [-0.39, 0.29) is 24.4 Å². The highest BCUT2D eigenvalue weighted by molar-refractivity contribution is 5.81. The second kappa shape index (κ2) is 8.75. The third-order valence-corrected chi connectivity index (χ3v) is 4.17. The van der Waals surface area contributed by atoms with Gasteiger partial charge in [-0.3, -0.25) is 9.63 Å². The summed E-state index contributed by atoms with van der Waals surface area (Å²) in [7, 11) is 0. The van der Waals surface area contributed by atoms with Crippen molar-refractivity contribution >= 4 is 5.91 Å². The number of benzene rings is 2. The third kappa shape index (κ3) is 4.78. The van der Waals surface area contributed by atoms with Crippen molar-refractivity contribution in [1.82, 2.24) is 16.3 Å². The molecule has 7 heteroatoms. The normalized spacial score (nSPS) is 19.3. The molecule has 1 aliphatic heterocycles. The maximum Gasteiger partial charge on any atom is 0.262 e. The summed E-state index contributed by atoms with van der Waals surface area (Å²) >= 11 is 0. The molecule has 2 atom stereocenters. The van der Waals surface area contributed by atoms with E-state index in [1.54, 1.807) is 19.1 Å². The molecule has 1 heterocycles. The Kier molecular flexibility index (Phi) is 6.17. The summed E-state index contributed by atoms with van der Waals surface area (Å²) in [6.07, 6.45) is 0.542. The van der Waals surface area contributed by atoms with Crippen LogP contribution in [0.5, 0.6) is 5.75 Å². The molecule has 26 heavy (non-hydrogen) atoms. The van der Waals surface area contributed by atoms with E-state index in [4.69, 9.17) is 9.57 Å². The molecule has 138 valence electrons. The quantitative estimate of drug-likeness (QED) is 0.522. The van der Waals surface area contributed by atoms with Crippen LogP contribution < -0.4 is 21.1 Å². The molecular formula is C19H22FN3O3. The number of aryl methyl sites for hydroxylation is 1. The summed E-state index contributed by atoms with van der Waals surface area (Å²) < 4.78 is 18.8. The lowest BCUT2D eigenvalue weighted by Gasteiger charge is -2.12. The van der Waals surface area contributed by atoms with Crippen LogP contribution in [0.1, 0.15) is 23.6 Å². The summed E-state index contributed by atoms with van der Waals surface area (Å²) in [6.45, 7) is 2.29. The van der Waals surface area contributed by atoms with Crippen LogP contribution in [0.15, 0.2) is 48.5 Å². The molecule has 1 aliphatic rings. The fraction of sp³-hybridized carbons (Fsp3) is 0.316. The molecule has 0 saturated carbocycles. The summed E-state index contributed by atoms with van der Waals surface area (Å²) in [4.78, 5) is 17.3. The van der Waals surface area contributed by atoms with E-state index in [1.165, 1.54) is 6.07 Å². The Morgan fingerprint density at radius 1 is 1.19 bits per heavy atom. The van der Waals surface area contributed by atoms with Crippen molar-refractivity contribution < 1.29 is 18.8 Å². The second-order valence-corrected chi connectivity index (χ2v) is 6.11. The second-order valence-electron chi connectivity index (χ2n) is 6.11. The average molecular weight is 359 g/mol. The molecule has 1 saturated heterocycles. The average Bonchev–Trinajstić information content (AvgIpc) is 3.15. The van der Waals surface area contributed by atoms with E-state index >= 15 is 0 Å². The fourth-order valence-electron chi connectivity index (χ4n) is 2.74. The van der Waals surface area contributed by atoms with Gasteiger partial charge in [-0.1, -0.05) is 30.3 Å². The minimum absolute atomic E-state index is 0.0635. The molecule has 2 aromatic rings. The van der Waals surface area contributed by atoms with Gasteiger partial charge in [-0.05, 0) is 42.7 Å². The number of amides is 1. The first kappa shape index (κ1) is 18.3. The predicted octanol–water partition coefficient (Wildman–Crippen LogP) is 2.17. The number of carbonyl (C=O) groups excluding carboxylic acids is 1. The van der Waals surface area contributed by atoms with E-state index in [9.17, 15) is 9.18 Å². The molecule has 0 spiro atoms. The Labute approximate surface area is 151 Å². The molecule has 6 nitrogen and oxygen atoms in total. The van der Waals surface area contributed by atoms with Crippen molar-refractivity contribution in [3.8, 4) is 5.75 Å². The number of hydrogen-bond acceptors (Lipinski definition) is 5. The van der Waals surface area contributed by atoms with Gasteiger partial charge in [0.2, 0.25) is 0 Å². The topological polar surface area (TPSA) is 71.6 Å². The number of nitrogens with one attached hydrogen (secondary N) is 3. The van der Waals surface area contributed by atoms with E-state index < -0.39 is 6.04 Å². The highest BCUT2D eigenvalue weighted by Gasteiger charge is 2.30. The Balaban J connectivity index is 1.38. The van der Waals surface area contributed by atoms with Gasteiger partial charge in [-0.25, -0.2) is 20.7 Å². The fourth-order valence-corrected chi connectivity index (χ4v) is 2.74. The van der Waals surface area contributed by atoms with E-state index in [0.717, 1.165) is 11.3 Å². The molecule has 2 aromatic carbocycles. The summed E-state index contributed by atoms with van der Waals surface area (Å²) in [5.74, 6) is 0.250. The molecule has 2 unspecified atom stereocenters. The van der Waals surface area contributed by atoms with Gasteiger partial charge >= 0.3 is 0 Å². The monoisotopic (exact) mass is 359 g/mol. The zero-order valence-corrected chi connectivity index (χ0v) is 14.5. The number of hydrogen-bond donors (Lipinski definition) is 3. The Bertz CT molecular complexity index is 742. The van der Waals surface area contributed by atoms with Gasteiger partial charge in [0, 0.05) is 6.04 Å². The number of hydrazine groups is 1. The van der Waals surface area contributed by atoms with E-state index in [2.05, 4.69) is 16.3 Å². The smallest absolute Gasteiger partial charge is 0.262 e. The lowest BCUT2D eigenvalue weighted by atomic mass is 10.00. The lowest BCUT2D eigenvalue weighted by molar-refractivity contribution is -0.136. The van der Waals surface area contributed by atoms with Crippen molar-refractivity contribution in [2.75, 3.05) is 13.2 Å². The first-order chi connectivity index (χ1) is 12.6. The van der Waals surface area contributed by atoms with Crippen molar-refractivity contribution in [3.05, 3.63) is 65.5 Å². The predicted molar refractivity (Wildman–Crippen MR) is 94.6 cm³/mol. The van der Waals surface area contributed by atoms with Crippen LogP contribution in [0, 0.1) is 12.7 Å². The zero-order chi connectivity index (χ0) is 18.4. The SMILES string of the molecule is Cc1cc(C2CC(C(=O)NOCCOc3ccccc3)NN2)ccc1F. The minimum Gasteiger partial charge on any atom is -0.491 e. The first-order valence-electron chi connectivity index (χ1n) is 8.50. The molecule has 0 aromatic heterocycles. The lowest BCUT2D eigenvalue weighted by Crippen LogP contribution is -2.43. The third-order valence-electron chi connectivity index (χ3n) is 4.17. The van der Waals surface area contributed by atoms with Crippen LogP contribution in [-0.4, -0.2) is 25.2 Å². The largest absolute Gasteiger partial charge is 0.491 e. The summed E-state index contributed by atoms with van der Waals surface area (Å²) in [5.41, 5.74) is 9.94. The Morgan fingerprint density at radius 3 is 2.77 bits per heavy atom. The first-order valence-corrected chi connectivity index (χ1v) is 8.50. The summed E-state index contributed by atoms with van der Waals surface area (Å²) in [5, 5.41) is 0. The van der Waals surface area contributed by atoms with Gasteiger partial charge in [0.05, 0.1) is 0 Å². The molecule has 3 N–H and O–H groups in total. The van der Waals surface area contributed by atoms with Crippen molar-refractivity contribution in [2.24, 2.45) is 0 Å². The van der Waals surface area contributed by atoms with Crippen LogP contribution >= 0.6 is 0 Å². The number of rotatable bonds is 7. The molecule has 1 fully saturated rings. The van der Waals surface area contributed by atoms with Gasteiger partial charge < -0.3 is 4.74 Å². The highest BCUT2D eigenvalue weighted by Crippen LogP contribution is 2.24. The van der Waals surface area contributed by atoms with E-state index in [1.807, 2.05) is 30.3 Å². The van der Waals surface area contributed by atoms with E-state index in [0.29, 0.717) is 18.6 Å².